The summed E-state index contributed by atoms with van der Waals surface area (Å²) in [6, 6.07) is 0. The first-order valence-corrected chi connectivity index (χ1v) is 5.96. The van der Waals surface area contributed by atoms with Gasteiger partial charge in [0.05, 0.1) is 5.57 Å². The molecule has 0 spiro atoms. The molecule has 2 N–H and O–H groups in total. The maximum atomic E-state index is 12.5. The van der Waals surface area contributed by atoms with Crippen LogP contribution in [0, 0.1) is 5.92 Å². The third-order valence-corrected chi connectivity index (χ3v) is 3.28. The normalized spacial score (nSPS) is 22.8. The summed E-state index contributed by atoms with van der Waals surface area (Å²) in [6.45, 7) is 2.50. The summed E-state index contributed by atoms with van der Waals surface area (Å²) in [5.41, 5.74) is 0.305. The first kappa shape index (κ1) is 12.5. The zero-order valence-corrected chi connectivity index (χ0v) is 9.61. The second-order valence-corrected chi connectivity index (χ2v) is 4.68. The Bertz CT molecular complexity index is 325. The molecule has 2 aliphatic heterocycles. The van der Waals surface area contributed by atoms with E-state index in [-0.39, 0.29) is 0 Å². The molecule has 2 rings (SSSR count). The van der Waals surface area contributed by atoms with E-state index in [0.717, 1.165) is 44.1 Å². The molecule has 0 atom stereocenters. The highest BCUT2D eigenvalue weighted by Crippen LogP contribution is 2.30. The van der Waals surface area contributed by atoms with Crippen molar-refractivity contribution in [2.45, 2.75) is 25.4 Å². The van der Waals surface area contributed by atoms with Crippen LogP contribution in [0.3, 0.4) is 0 Å². The first-order valence-electron chi connectivity index (χ1n) is 5.96. The smallest absolute Gasteiger partial charge is 0.387 e. The van der Waals surface area contributed by atoms with Crippen LogP contribution in [0.5, 0.6) is 0 Å². The summed E-state index contributed by atoms with van der Waals surface area (Å²) in [5.74, 6) is 0.525. The Morgan fingerprint density at radius 1 is 1.24 bits per heavy atom. The molecule has 0 aromatic carbocycles. The SMILES string of the molecule is FC(F)(F)C1=CNCC(CC2CCNCC2)=C1. The molecule has 0 aromatic heterocycles. The van der Waals surface area contributed by atoms with E-state index in [2.05, 4.69) is 10.6 Å². The fraction of sp³-hybridized carbons (Fsp3) is 0.667. The van der Waals surface area contributed by atoms with Crippen molar-refractivity contribution in [3.05, 3.63) is 23.4 Å². The van der Waals surface area contributed by atoms with Gasteiger partial charge in [-0.25, -0.2) is 0 Å². The maximum Gasteiger partial charge on any atom is 0.417 e. The van der Waals surface area contributed by atoms with Gasteiger partial charge in [0, 0.05) is 12.7 Å². The van der Waals surface area contributed by atoms with Gasteiger partial charge in [0.15, 0.2) is 0 Å². The van der Waals surface area contributed by atoms with Crippen LogP contribution in [0.15, 0.2) is 23.4 Å². The Labute approximate surface area is 99.0 Å². The van der Waals surface area contributed by atoms with Crippen LogP contribution in [0.1, 0.15) is 19.3 Å². The average Bonchev–Trinajstić information content (AvgIpc) is 2.29. The molecule has 17 heavy (non-hydrogen) atoms. The number of alkyl halides is 3. The number of hydrogen-bond donors (Lipinski definition) is 2. The molecule has 0 aromatic rings. The summed E-state index contributed by atoms with van der Waals surface area (Å²) in [6.07, 6.45) is 1.02. The van der Waals surface area contributed by atoms with Crippen LogP contribution in [-0.2, 0) is 0 Å². The van der Waals surface area contributed by atoms with Crippen molar-refractivity contribution >= 4 is 0 Å². The quantitative estimate of drug-likeness (QED) is 0.781. The van der Waals surface area contributed by atoms with Crippen LogP contribution in [0.2, 0.25) is 0 Å². The molecule has 1 fully saturated rings. The lowest BCUT2D eigenvalue weighted by Gasteiger charge is -2.25. The molecule has 96 valence electrons. The minimum absolute atomic E-state index is 0.525. The molecule has 1 saturated heterocycles. The molecule has 2 nitrogen and oxygen atoms in total. The van der Waals surface area contributed by atoms with E-state index < -0.39 is 11.7 Å². The second kappa shape index (κ2) is 5.12. The van der Waals surface area contributed by atoms with Crippen molar-refractivity contribution in [2.24, 2.45) is 5.92 Å². The number of allylic oxidation sites excluding steroid dienone is 2. The van der Waals surface area contributed by atoms with Gasteiger partial charge in [-0.05, 0) is 44.3 Å². The molecule has 0 amide bonds. The van der Waals surface area contributed by atoms with E-state index in [1.165, 1.54) is 6.08 Å². The lowest BCUT2D eigenvalue weighted by molar-refractivity contribution is -0.0888. The van der Waals surface area contributed by atoms with E-state index in [0.29, 0.717) is 12.5 Å². The van der Waals surface area contributed by atoms with Crippen molar-refractivity contribution < 1.29 is 13.2 Å². The lowest BCUT2D eigenvalue weighted by atomic mass is 9.89. The predicted octanol–water partition coefficient (Wildman–Crippen LogP) is 2.35. The largest absolute Gasteiger partial charge is 0.417 e. The minimum atomic E-state index is -4.24. The highest BCUT2D eigenvalue weighted by atomic mass is 19.4. The van der Waals surface area contributed by atoms with E-state index in [1.807, 2.05) is 0 Å². The predicted molar refractivity (Wildman–Crippen MR) is 60.4 cm³/mol. The fourth-order valence-electron chi connectivity index (χ4n) is 2.36. The van der Waals surface area contributed by atoms with Crippen LogP contribution in [0.4, 0.5) is 13.2 Å². The third-order valence-electron chi connectivity index (χ3n) is 3.28. The zero-order chi connectivity index (χ0) is 12.3. The Morgan fingerprint density at radius 3 is 2.59 bits per heavy atom. The molecule has 2 heterocycles. The van der Waals surface area contributed by atoms with Gasteiger partial charge in [0.25, 0.3) is 0 Å². The van der Waals surface area contributed by atoms with Crippen LogP contribution < -0.4 is 10.6 Å². The summed E-state index contributed by atoms with van der Waals surface area (Å²) >= 11 is 0. The van der Waals surface area contributed by atoms with Crippen LogP contribution in [-0.4, -0.2) is 25.8 Å². The number of piperidine rings is 1. The zero-order valence-electron chi connectivity index (χ0n) is 9.61. The molecule has 0 unspecified atom stereocenters. The van der Waals surface area contributed by atoms with E-state index in [9.17, 15) is 13.2 Å². The maximum absolute atomic E-state index is 12.5. The average molecular weight is 246 g/mol. The topological polar surface area (TPSA) is 24.1 Å². The Hall–Kier alpha value is -0.970. The summed E-state index contributed by atoms with van der Waals surface area (Å²) < 4.78 is 37.6. The number of dihydropyridines is 1. The molecule has 0 radical (unpaired) electrons. The first-order chi connectivity index (χ1) is 8.05. The van der Waals surface area contributed by atoms with Crippen LogP contribution >= 0.6 is 0 Å². The molecule has 5 heteroatoms. The van der Waals surface area contributed by atoms with Gasteiger partial charge >= 0.3 is 6.18 Å². The molecule has 2 aliphatic rings. The van der Waals surface area contributed by atoms with Gasteiger partial charge in [-0.1, -0.05) is 5.57 Å². The van der Waals surface area contributed by atoms with Gasteiger partial charge in [0.1, 0.15) is 0 Å². The van der Waals surface area contributed by atoms with Crippen molar-refractivity contribution in [1.82, 2.24) is 10.6 Å². The molecule has 0 saturated carbocycles. The van der Waals surface area contributed by atoms with Crippen molar-refractivity contribution in [1.29, 1.82) is 0 Å². The van der Waals surface area contributed by atoms with Gasteiger partial charge in [-0.15, -0.1) is 0 Å². The van der Waals surface area contributed by atoms with Crippen molar-refractivity contribution in [3.63, 3.8) is 0 Å². The standard InChI is InChI=1S/C12H17F3N2/c13-12(14,15)11-6-10(7-17-8-11)5-9-1-3-16-4-2-9/h6,8-9,16-17H,1-5,7H2. The van der Waals surface area contributed by atoms with E-state index >= 15 is 0 Å². The molecule has 0 bridgehead atoms. The number of halogens is 3. The Kier molecular flexibility index (Phi) is 3.76. The Balaban J connectivity index is 1.96. The monoisotopic (exact) mass is 246 g/mol. The number of nitrogens with one attached hydrogen (secondary N) is 2. The summed E-state index contributed by atoms with van der Waals surface area (Å²) in [4.78, 5) is 0. The van der Waals surface area contributed by atoms with Crippen molar-refractivity contribution in [3.8, 4) is 0 Å². The van der Waals surface area contributed by atoms with Gasteiger partial charge < -0.3 is 10.6 Å². The molecular weight excluding hydrogens is 229 g/mol. The van der Waals surface area contributed by atoms with Gasteiger partial charge in [-0.3, -0.25) is 0 Å². The highest BCUT2D eigenvalue weighted by molar-refractivity contribution is 5.31. The summed E-state index contributed by atoms with van der Waals surface area (Å²) in [5, 5.41) is 5.97. The third kappa shape index (κ3) is 3.49. The molecular formula is C12H17F3N2. The van der Waals surface area contributed by atoms with Crippen LogP contribution in [0.25, 0.3) is 0 Å². The van der Waals surface area contributed by atoms with E-state index in [4.69, 9.17) is 0 Å². The fourth-order valence-corrected chi connectivity index (χ4v) is 2.36. The summed E-state index contributed by atoms with van der Waals surface area (Å²) in [7, 11) is 0. The van der Waals surface area contributed by atoms with Gasteiger partial charge in [-0.2, -0.15) is 13.2 Å². The second-order valence-electron chi connectivity index (χ2n) is 4.68. The number of hydrogen-bond acceptors (Lipinski definition) is 2. The lowest BCUT2D eigenvalue weighted by Crippen LogP contribution is -2.29. The number of rotatable bonds is 2. The highest BCUT2D eigenvalue weighted by Gasteiger charge is 2.33. The molecule has 0 aliphatic carbocycles. The minimum Gasteiger partial charge on any atom is -0.387 e. The van der Waals surface area contributed by atoms with Crippen molar-refractivity contribution in [2.75, 3.05) is 19.6 Å². The van der Waals surface area contributed by atoms with Gasteiger partial charge in [0.2, 0.25) is 0 Å². The Morgan fingerprint density at radius 2 is 1.94 bits per heavy atom. The van der Waals surface area contributed by atoms with E-state index in [1.54, 1.807) is 0 Å².